The fourth-order valence-corrected chi connectivity index (χ4v) is 4.42. The standard InChI is InChI=1S/C20H19ClF3N3O4S/c21-17-8-7-15(12-16(17)20(22,23)24)32(30,31)25-10-9-18(28)26-13-3-5-14(6-4-13)27-11-1-2-19(27)29/h3-8,12,25H,1-2,9-11H2,(H,26,28). The monoisotopic (exact) mass is 489 g/mol. The summed E-state index contributed by atoms with van der Waals surface area (Å²) in [6.45, 7) is 0.321. The van der Waals surface area contributed by atoms with Gasteiger partial charge in [0.2, 0.25) is 21.8 Å². The summed E-state index contributed by atoms with van der Waals surface area (Å²) in [6.07, 6.45) is -3.76. The van der Waals surface area contributed by atoms with Crippen LogP contribution in [0.15, 0.2) is 47.4 Å². The maximum absolute atomic E-state index is 12.9. The second-order valence-corrected chi connectivity index (χ2v) is 9.21. The fraction of sp³-hybridized carbons (Fsp3) is 0.300. The third kappa shape index (κ3) is 5.78. The number of rotatable bonds is 7. The number of hydrogen-bond donors (Lipinski definition) is 2. The molecule has 1 aliphatic heterocycles. The lowest BCUT2D eigenvalue weighted by molar-refractivity contribution is -0.137. The van der Waals surface area contributed by atoms with Gasteiger partial charge in [-0.1, -0.05) is 11.6 Å². The van der Waals surface area contributed by atoms with E-state index in [2.05, 4.69) is 10.0 Å². The van der Waals surface area contributed by atoms with Gasteiger partial charge in [-0.25, -0.2) is 13.1 Å². The Kier molecular flexibility index (Phi) is 7.11. The summed E-state index contributed by atoms with van der Waals surface area (Å²) < 4.78 is 65.5. The van der Waals surface area contributed by atoms with E-state index >= 15 is 0 Å². The summed E-state index contributed by atoms with van der Waals surface area (Å²) in [5.41, 5.74) is -0.0842. The number of amides is 2. The van der Waals surface area contributed by atoms with Crippen LogP contribution < -0.4 is 14.9 Å². The predicted octanol–water partition coefficient (Wildman–Crippen LogP) is 3.79. The molecule has 1 saturated heterocycles. The molecule has 3 rings (SSSR count). The number of nitrogens with zero attached hydrogens (tertiary/aromatic N) is 1. The molecule has 0 aliphatic carbocycles. The van der Waals surface area contributed by atoms with Gasteiger partial charge in [-0.15, -0.1) is 0 Å². The van der Waals surface area contributed by atoms with Crippen molar-refractivity contribution < 1.29 is 31.2 Å². The van der Waals surface area contributed by atoms with Crippen molar-refractivity contribution in [2.75, 3.05) is 23.3 Å². The normalized spacial score (nSPS) is 14.6. The van der Waals surface area contributed by atoms with E-state index in [1.807, 2.05) is 0 Å². The zero-order valence-corrected chi connectivity index (χ0v) is 18.1. The van der Waals surface area contributed by atoms with Gasteiger partial charge in [-0.3, -0.25) is 9.59 Å². The number of sulfonamides is 1. The first-order valence-electron chi connectivity index (χ1n) is 9.54. The second kappa shape index (κ2) is 9.47. The second-order valence-electron chi connectivity index (χ2n) is 7.03. The molecule has 0 unspecified atom stereocenters. The van der Waals surface area contributed by atoms with Crippen molar-refractivity contribution in [2.45, 2.75) is 30.3 Å². The van der Waals surface area contributed by atoms with Gasteiger partial charge in [-0.2, -0.15) is 13.2 Å². The summed E-state index contributed by atoms with van der Waals surface area (Å²) >= 11 is 5.50. The largest absolute Gasteiger partial charge is 0.417 e. The van der Waals surface area contributed by atoms with Crippen molar-refractivity contribution in [1.82, 2.24) is 4.72 Å². The van der Waals surface area contributed by atoms with Crippen molar-refractivity contribution in [3.05, 3.63) is 53.1 Å². The molecule has 7 nitrogen and oxygen atoms in total. The highest BCUT2D eigenvalue weighted by Crippen LogP contribution is 2.35. The Morgan fingerprint density at radius 1 is 1.12 bits per heavy atom. The van der Waals surface area contributed by atoms with E-state index in [9.17, 15) is 31.2 Å². The van der Waals surface area contributed by atoms with E-state index in [-0.39, 0.29) is 18.9 Å². The first-order chi connectivity index (χ1) is 15.0. The Morgan fingerprint density at radius 3 is 2.41 bits per heavy atom. The molecule has 12 heteroatoms. The van der Waals surface area contributed by atoms with E-state index in [1.54, 1.807) is 29.2 Å². The number of carbonyl (C=O) groups is 2. The molecule has 0 aromatic heterocycles. The highest BCUT2D eigenvalue weighted by molar-refractivity contribution is 7.89. The van der Waals surface area contributed by atoms with Gasteiger partial charge < -0.3 is 10.2 Å². The van der Waals surface area contributed by atoms with Crippen LogP contribution in [0.4, 0.5) is 24.5 Å². The molecule has 0 saturated carbocycles. The Balaban J connectivity index is 1.55. The van der Waals surface area contributed by atoms with E-state index in [0.29, 0.717) is 24.7 Å². The van der Waals surface area contributed by atoms with E-state index in [0.717, 1.165) is 24.2 Å². The molecule has 1 heterocycles. The lowest BCUT2D eigenvalue weighted by Crippen LogP contribution is -2.28. The molecule has 0 radical (unpaired) electrons. The van der Waals surface area contributed by atoms with Crippen LogP contribution in [0.1, 0.15) is 24.8 Å². The average molecular weight is 490 g/mol. The molecular weight excluding hydrogens is 471 g/mol. The summed E-state index contributed by atoms with van der Waals surface area (Å²) in [7, 11) is -4.27. The molecule has 2 aromatic carbocycles. The molecule has 2 aromatic rings. The zero-order chi connectivity index (χ0) is 23.5. The fourth-order valence-electron chi connectivity index (χ4n) is 3.14. The third-order valence-electron chi connectivity index (χ3n) is 4.73. The lowest BCUT2D eigenvalue weighted by atomic mass is 10.2. The quantitative estimate of drug-likeness (QED) is 0.618. The van der Waals surface area contributed by atoms with Gasteiger partial charge in [0, 0.05) is 37.3 Å². The Hall–Kier alpha value is -2.63. The van der Waals surface area contributed by atoms with Gasteiger partial charge in [-0.05, 0) is 48.9 Å². The van der Waals surface area contributed by atoms with Crippen molar-refractivity contribution >= 4 is 44.8 Å². The SMILES string of the molecule is O=C(CCNS(=O)(=O)c1ccc(Cl)c(C(F)(F)F)c1)Nc1ccc(N2CCCC2=O)cc1. The average Bonchev–Trinajstić information content (AvgIpc) is 3.13. The van der Waals surface area contributed by atoms with E-state index in [4.69, 9.17) is 11.6 Å². The highest BCUT2D eigenvalue weighted by Gasteiger charge is 2.34. The topological polar surface area (TPSA) is 95.6 Å². The molecule has 2 amide bonds. The minimum absolute atomic E-state index is 0.0390. The maximum Gasteiger partial charge on any atom is 0.417 e. The third-order valence-corrected chi connectivity index (χ3v) is 6.52. The van der Waals surface area contributed by atoms with Crippen LogP contribution in [0, 0.1) is 0 Å². The minimum atomic E-state index is -4.81. The van der Waals surface area contributed by atoms with E-state index < -0.39 is 37.6 Å². The number of alkyl halides is 3. The number of benzene rings is 2. The van der Waals surface area contributed by atoms with Crippen molar-refractivity contribution in [3.8, 4) is 0 Å². The molecule has 0 spiro atoms. The molecule has 0 bridgehead atoms. The van der Waals surface area contributed by atoms with E-state index in [1.165, 1.54) is 0 Å². The highest BCUT2D eigenvalue weighted by atomic mass is 35.5. The molecule has 172 valence electrons. The summed E-state index contributed by atoms with van der Waals surface area (Å²) in [5, 5.41) is 1.98. The van der Waals surface area contributed by atoms with Crippen LogP contribution in [-0.4, -0.2) is 33.3 Å². The lowest BCUT2D eigenvalue weighted by Gasteiger charge is -2.16. The predicted molar refractivity (Wildman–Crippen MR) is 113 cm³/mol. The first-order valence-corrected chi connectivity index (χ1v) is 11.4. The molecule has 0 atom stereocenters. The molecule has 1 fully saturated rings. The number of carbonyl (C=O) groups excluding carboxylic acids is 2. The number of halogens is 4. The Morgan fingerprint density at radius 2 is 1.81 bits per heavy atom. The summed E-state index contributed by atoms with van der Waals surface area (Å²) in [4.78, 5) is 24.9. The number of nitrogens with one attached hydrogen (secondary N) is 2. The van der Waals surface area contributed by atoms with Crippen molar-refractivity contribution in [1.29, 1.82) is 0 Å². The van der Waals surface area contributed by atoms with Crippen LogP contribution in [0.25, 0.3) is 0 Å². The molecule has 32 heavy (non-hydrogen) atoms. The minimum Gasteiger partial charge on any atom is -0.326 e. The van der Waals surface area contributed by atoms with Crippen LogP contribution in [0.2, 0.25) is 5.02 Å². The van der Waals surface area contributed by atoms with Gasteiger partial charge in [0.05, 0.1) is 15.5 Å². The van der Waals surface area contributed by atoms with Crippen LogP contribution in [-0.2, 0) is 25.8 Å². The van der Waals surface area contributed by atoms with Gasteiger partial charge in [0.15, 0.2) is 0 Å². The summed E-state index contributed by atoms with van der Waals surface area (Å²) in [5.74, 6) is -0.457. The van der Waals surface area contributed by atoms with Gasteiger partial charge >= 0.3 is 6.18 Å². The number of hydrogen-bond acceptors (Lipinski definition) is 4. The molecular formula is C20H19ClF3N3O4S. The Bertz CT molecular complexity index is 1120. The molecule has 1 aliphatic rings. The van der Waals surface area contributed by atoms with Gasteiger partial charge in [0.25, 0.3) is 0 Å². The zero-order valence-electron chi connectivity index (χ0n) is 16.6. The number of anilines is 2. The first kappa shape index (κ1) is 24.0. The summed E-state index contributed by atoms with van der Waals surface area (Å²) in [6, 6.07) is 8.88. The van der Waals surface area contributed by atoms with Gasteiger partial charge in [0.1, 0.15) is 0 Å². The smallest absolute Gasteiger partial charge is 0.326 e. The van der Waals surface area contributed by atoms with Crippen LogP contribution in [0.3, 0.4) is 0 Å². The van der Waals surface area contributed by atoms with Crippen molar-refractivity contribution in [3.63, 3.8) is 0 Å². The van der Waals surface area contributed by atoms with Crippen molar-refractivity contribution in [2.24, 2.45) is 0 Å². The molecule has 2 N–H and O–H groups in total. The van der Waals surface area contributed by atoms with Crippen LogP contribution in [0.5, 0.6) is 0 Å². The maximum atomic E-state index is 12.9. The Labute approximate surface area is 187 Å². The van der Waals surface area contributed by atoms with Crippen LogP contribution >= 0.6 is 11.6 Å².